The Balaban J connectivity index is 0.000000165. The van der Waals surface area contributed by atoms with Gasteiger partial charge in [-0.15, -0.1) is 0 Å². The van der Waals surface area contributed by atoms with Crippen LogP contribution in [0.1, 0.15) is 6.42 Å². The average Bonchev–Trinajstić information content (AvgIpc) is 3.25. The lowest BCUT2D eigenvalue weighted by molar-refractivity contribution is -0.104. The summed E-state index contributed by atoms with van der Waals surface area (Å²) in [6.07, 6.45) is 11.4. The van der Waals surface area contributed by atoms with E-state index in [1.807, 2.05) is 72.4 Å². The van der Waals surface area contributed by atoms with Crippen LogP contribution < -0.4 is 5.32 Å². The Morgan fingerprint density at radius 1 is 1.11 bits per heavy atom. The van der Waals surface area contributed by atoms with Crippen molar-refractivity contribution in [3.63, 3.8) is 0 Å². The highest BCUT2D eigenvalue weighted by Crippen LogP contribution is 2.26. The zero-order chi connectivity index (χ0) is 24.5. The van der Waals surface area contributed by atoms with Crippen LogP contribution in [0.25, 0.3) is 16.9 Å². The van der Waals surface area contributed by atoms with Crippen LogP contribution in [0, 0.1) is 0 Å². The molecule has 1 aliphatic heterocycles. The molecule has 2 aliphatic rings. The van der Waals surface area contributed by atoms with Crippen molar-refractivity contribution in [1.29, 1.82) is 0 Å². The van der Waals surface area contributed by atoms with Crippen molar-refractivity contribution >= 4 is 17.6 Å². The molecule has 3 aromatic rings. The predicted octanol–water partition coefficient (Wildman–Crippen LogP) is 4.35. The lowest BCUT2D eigenvalue weighted by Crippen LogP contribution is -2.37. The number of fused-ring (bicyclic) bond motifs is 1. The molecule has 1 saturated heterocycles. The molecular weight excluding hydrogens is 440 g/mol. The Morgan fingerprint density at radius 3 is 2.66 bits per heavy atom. The number of benzene rings is 1. The van der Waals surface area contributed by atoms with Gasteiger partial charge in [0.15, 0.2) is 0 Å². The number of aldehydes is 1. The number of rotatable bonds is 6. The number of morpholine rings is 1. The third kappa shape index (κ3) is 6.26. The first-order valence-electron chi connectivity index (χ1n) is 11.8. The van der Waals surface area contributed by atoms with E-state index in [2.05, 4.69) is 27.3 Å². The highest BCUT2D eigenvalue weighted by Gasteiger charge is 2.15. The Labute approximate surface area is 206 Å². The van der Waals surface area contributed by atoms with Crippen LogP contribution >= 0.6 is 0 Å². The van der Waals surface area contributed by atoms with E-state index in [-0.39, 0.29) is 0 Å². The summed E-state index contributed by atoms with van der Waals surface area (Å²) in [7, 11) is 3.61. The zero-order valence-corrected chi connectivity index (χ0v) is 20.3. The highest BCUT2D eigenvalue weighted by molar-refractivity contribution is 5.78. The van der Waals surface area contributed by atoms with Gasteiger partial charge in [-0.25, -0.2) is 4.98 Å². The molecule has 0 unspecified atom stereocenters. The third-order valence-corrected chi connectivity index (χ3v) is 6.07. The topological polar surface area (TPSA) is 68.1 Å². The summed E-state index contributed by atoms with van der Waals surface area (Å²) in [6.45, 7) is 4.32. The number of carbonyl (C=O) groups excluding carboxylic acids is 1. The maximum atomic E-state index is 10.8. The van der Waals surface area contributed by atoms with Crippen LogP contribution in [0.15, 0.2) is 90.0 Å². The molecular formula is C28H32N4O3. The van der Waals surface area contributed by atoms with Gasteiger partial charge < -0.3 is 19.2 Å². The van der Waals surface area contributed by atoms with Crippen LogP contribution in [0.3, 0.4) is 0 Å². The van der Waals surface area contributed by atoms with Gasteiger partial charge in [0.1, 0.15) is 17.7 Å². The Morgan fingerprint density at radius 2 is 1.91 bits per heavy atom. The number of aromatic nitrogens is 2. The molecule has 1 aliphatic carbocycles. The summed E-state index contributed by atoms with van der Waals surface area (Å²) in [5, 5.41) is 3.19. The number of para-hydroxylation sites is 1. The van der Waals surface area contributed by atoms with Crippen molar-refractivity contribution in [3.05, 3.63) is 90.0 Å². The zero-order valence-electron chi connectivity index (χ0n) is 20.3. The van der Waals surface area contributed by atoms with Gasteiger partial charge in [0.05, 0.1) is 26.0 Å². The first-order valence-corrected chi connectivity index (χ1v) is 11.8. The number of allylic oxidation sites excluding steroid dienone is 3. The minimum Gasteiger partial charge on any atom is -0.500 e. The van der Waals surface area contributed by atoms with Crippen LogP contribution in [0.5, 0.6) is 0 Å². The van der Waals surface area contributed by atoms with Gasteiger partial charge in [0, 0.05) is 67.9 Å². The minimum absolute atomic E-state index is 0.678. The van der Waals surface area contributed by atoms with Gasteiger partial charge in [0.2, 0.25) is 0 Å². The maximum Gasteiger partial charge on any atom is 0.149 e. The summed E-state index contributed by atoms with van der Waals surface area (Å²) >= 11 is 0. The van der Waals surface area contributed by atoms with E-state index in [4.69, 9.17) is 9.47 Å². The third-order valence-electron chi connectivity index (χ3n) is 6.07. The second-order valence-corrected chi connectivity index (χ2v) is 8.29. The summed E-state index contributed by atoms with van der Waals surface area (Å²) in [6, 6.07) is 14.2. The molecule has 7 nitrogen and oxygen atoms in total. The minimum atomic E-state index is 0.678. The fourth-order valence-corrected chi connectivity index (χ4v) is 4.13. The normalized spacial score (nSPS) is 16.2. The highest BCUT2D eigenvalue weighted by atomic mass is 16.5. The molecule has 1 fully saturated rings. The second kappa shape index (κ2) is 12.1. The van der Waals surface area contributed by atoms with Crippen molar-refractivity contribution < 1.29 is 14.3 Å². The molecule has 0 spiro atoms. The van der Waals surface area contributed by atoms with Gasteiger partial charge in [0.25, 0.3) is 0 Å². The Bertz CT molecular complexity index is 1200. The van der Waals surface area contributed by atoms with Gasteiger partial charge in [-0.05, 0) is 18.2 Å². The van der Waals surface area contributed by atoms with E-state index in [1.54, 1.807) is 7.11 Å². The standard InChI is InChI=1S/C14H13N3.C14H19NO3/c1-15-12-7-3-2-6-11(12)13-10-17-9-5-4-8-14(17)16-13;1-17-14-5-3-12(11-16)2-4-13(14)10-15-6-8-18-9-7-15/h2-10,15H,1H3;2-4,11H,5-10H2,1H3. The number of imidazole rings is 1. The van der Waals surface area contributed by atoms with E-state index in [0.717, 1.165) is 73.1 Å². The smallest absolute Gasteiger partial charge is 0.149 e. The molecule has 2 aromatic heterocycles. The predicted molar refractivity (Wildman–Crippen MR) is 139 cm³/mol. The first kappa shape index (κ1) is 24.4. The number of methoxy groups -OCH3 is 1. The molecule has 182 valence electrons. The van der Waals surface area contributed by atoms with Crippen LogP contribution in [-0.4, -0.2) is 67.6 Å². The van der Waals surface area contributed by atoms with Gasteiger partial charge in [-0.2, -0.15) is 0 Å². The van der Waals surface area contributed by atoms with Crippen molar-refractivity contribution in [1.82, 2.24) is 14.3 Å². The monoisotopic (exact) mass is 472 g/mol. The molecule has 5 rings (SSSR count). The molecule has 1 aromatic carbocycles. The molecule has 1 N–H and O–H groups in total. The fraction of sp³-hybridized carbons (Fsp3) is 0.286. The molecule has 3 heterocycles. The van der Waals surface area contributed by atoms with Crippen molar-refractivity contribution in [2.75, 3.05) is 52.3 Å². The number of hydrogen-bond acceptors (Lipinski definition) is 6. The van der Waals surface area contributed by atoms with Gasteiger partial charge >= 0.3 is 0 Å². The lowest BCUT2D eigenvalue weighted by atomic mass is 10.1. The van der Waals surface area contributed by atoms with Crippen LogP contribution in [0.2, 0.25) is 0 Å². The SMILES string of the molecule is CNc1ccccc1-c1cn2ccccc2n1.COC1=C(CN2CCOCC2)C=CC(C=O)=CC1. The fourth-order valence-electron chi connectivity index (χ4n) is 4.13. The van der Waals surface area contributed by atoms with Gasteiger partial charge in [-0.1, -0.05) is 42.5 Å². The van der Waals surface area contributed by atoms with Crippen LogP contribution in [0.4, 0.5) is 5.69 Å². The Kier molecular flexibility index (Phi) is 8.48. The lowest BCUT2D eigenvalue weighted by Gasteiger charge is -2.27. The van der Waals surface area contributed by atoms with Crippen molar-refractivity contribution in [2.24, 2.45) is 0 Å². The molecule has 0 bridgehead atoms. The number of anilines is 1. The molecule has 0 radical (unpaired) electrons. The van der Waals surface area contributed by atoms with Crippen LogP contribution in [-0.2, 0) is 14.3 Å². The van der Waals surface area contributed by atoms with E-state index in [9.17, 15) is 4.79 Å². The number of hydrogen-bond donors (Lipinski definition) is 1. The van der Waals surface area contributed by atoms with E-state index >= 15 is 0 Å². The van der Waals surface area contributed by atoms with Crippen molar-refractivity contribution in [3.8, 4) is 11.3 Å². The molecule has 35 heavy (non-hydrogen) atoms. The maximum absolute atomic E-state index is 10.8. The number of pyridine rings is 1. The van der Waals surface area contributed by atoms with Crippen molar-refractivity contribution in [2.45, 2.75) is 6.42 Å². The molecule has 7 heteroatoms. The Hall–Kier alpha value is -3.68. The summed E-state index contributed by atoms with van der Waals surface area (Å²) in [5.41, 5.74) is 6.03. The molecule has 0 saturated carbocycles. The number of ether oxygens (including phenoxy) is 2. The van der Waals surface area contributed by atoms with E-state index in [1.165, 1.54) is 0 Å². The van der Waals surface area contributed by atoms with E-state index < -0.39 is 0 Å². The summed E-state index contributed by atoms with van der Waals surface area (Å²) in [4.78, 5) is 17.8. The summed E-state index contributed by atoms with van der Waals surface area (Å²) in [5.74, 6) is 0.939. The average molecular weight is 473 g/mol. The molecule has 0 amide bonds. The number of nitrogens with zero attached hydrogens (tertiary/aromatic N) is 3. The number of carbonyl (C=O) groups is 1. The quantitative estimate of drug-likeness (QED) is 0.538. The van der Waals surface area contributed by atoms with Gasteiger partial charge in [-0.3, -0.25) is 9.69 Å². The first-order chi connectivity index (χ1) is 17.2. The second-order valence-electron chi connectivity index (χ2n) is 8.29. The summed E-state index contributed by atoms with van der Waals surface area (Å²) < 4.78 is 12.8. The number of nitrogens with one attached hydrogen (secondary N) is 1. The van der Waals surface area contributed by atoms with E-state index in [0.29, 0.717) is 12.0 Å². The molecule has 0 atom stereocenters. The largest absolute Gasteiger partial charge is 0.500 e.